The van der Waals surface area contributed by atoms with Crippen LogP contribution in [0.15, 0.2) is 66.2 Å². The van der Waals surface area contributed by atoms with Crippen molar-refractivity contribution in [1.82, 2.24) is 40.1 Å². The lowest BCUT2D eigenvalue weighted by molar-refractivity contribution is -0.155. The number of methoxy groups -OCH3 is 1. The van der Waals surface area contributed by atoms with Crippen LogP contribution in [0.1, 0.15) is 106 Å². The van der Waals surface area contributed by atoms with Gasteiger partial charge in [-0.25, -0.2) is 10.4 Å². The molecule has 17 heteroatoms. The van der Waals surface area contributed by atoms with Crippen LogP contribution in [0.3, 0.4) is 0 Å². The molecule has 3 saturated heterocycles. The summed E-state index contributed by atoms with van der Waals surface area (Å²) in [6.45, 7) is 13.8. The molecule has 6 atom stereocenters. The maximum atomic E-state index is 15.0. The molecule has 75 heavy (non-hydrogen) atoms. The maximum absolute atomic E-state index is 15.0. The number of pyridine rings is 1. The largest absolute Gasteiger partial charge is 0.464 e. The number of amides is 3. The number of thiazole rings is 1. The number of nitrogens with one attached hydrogen (secondary N) is 2. The van der Waals surface area contributed by atoms with Crippen LogP contribution in [-0.4, -0.2) is 144 Å². The lowest BCUT2D eigenvalue weighted by Gasteiger charge is -2.37. The summed E-state index contributed by atoms with van der Waals surface area (Å²) in [7, 11) is 5.59. The molecule has 2 aromatic carbocycles. The monoisotopic (exact) mass is 1040 g/mol. The number of carbonyl (C=O) groups excluding carboxylic acids is 4. The number of aryl methyl sites for hydroxylation is 1. The Labute approximate surface area is 445 Å². The van der Waals surface area contributed by atoms with E-state index in [9.17, 15) is 14.4 Å². The first kappa shape index (κ1) is 52.7. The number of cyclic esters (lactones) is 1. The Morgan fingerprint density at radius 2 is 1.77 bits per heavy atom. The van der Waals surface area contributed by atoms with E-state index in [-0.39, 0.29) is 48.7 Å². The van der Waals surface area contributed by atoms with Gasteiger partial charge in [0.15, 0.2) is 0 Å². The van der Waals surface area contributed by atoms with Gasteiger partial charge in [0.2, 0.25) is 5.91 Å². The predicted molar refractivity (Wildman–Crippen MR) is 291 cm³/mol. The van der Waals surface area contributed by atoms with Gasteiger partial charge in [0, 0.05) is 105 Å². The van der Waals surface area contributed by atoms with Gasteiger partial charge in [0.1, 0.15) is 24.2 Å². The first-order chi connectivity index (χ1) is 36.2. The number of hydrogen-bond donors (Lipinski definition) is 2. The molecular weight excluding hydrogens is 967 g/mol. The quantitative estimate of drug-likeness (QED) is 0.125. The van der Waals surface area contributed by atoms with Crippen LogP contribution >= 0.6 is 11.3 Å². The Bertz CT molecular complexity index is 2870. The van der Waals surface area contributed by atoms with E-state index in [0.29, 0.717) is 50.4 Å². The number of fused-ring (bicyclic) bond motifs is 6. The first-order valence-electron chi connectivity index (χ1n) is 27.3. The van der Waals surface area contributed by atoms with Gasteiger partial charge >= 0.3 is 5.97 Å². The lowest BCUT2D eigenvalue weighted by atomic mass is 9.84. The number of benzene rings is 2. The normalized spacial score (nSPS) is 23.7. The molecule has 1 saturated carbocycles. The van der Waals surface area contributed by atoms with E-state index in [1.54, 1.807) is 19.1 Å². The van der Waals surface area contributed by atoms with E-state index in [2.05, 4.69) is 77.2 Å². The van der Waals surface area contributed by atoms with Crippen molar-refractivity contribution in [2.24, 2.45) is 11.3 Å². The number of esters is 1. The summed E-state index contributed by atoms with van der Waals surface area (Å²) in [5.74, 6) is -1.67. The number of piperazine rings is 1. The molecule has 2 N–H and O–H groups in total. The topological polar surface area (TPSA) is 164 Å². The van der Waals surface area contributed by atoms with Crippen LogP contribution in [0.2, 0.25) is 0 Å². The minimum absolute atomic E-state index is 0.0946. The van der Waals surface area contributed by atoms with Crippen molar-refractivity contribution in [2.45, 2.75) is 128 Å². The summed E-state index contributed by atoms with van der Waals surface area (Å²) in [6, 6.07) is 16.1. The zero-order valence-corrected chi connectivity index (χ0v) is 45.6. The Kier molecular flexibility index (Phi) is 15.8. The fourth-order valence-corrected chi connectivity index (χ4v) is 13.1. The SMILES string of the molecule is CCn1c(-c2cc(N3CCN(C)CC3)cnc2[C@H](C)OC)c2c3cc(ccc31)-c1csc(n1)C[C@H](NC(=O)[C@H](C1CCCC1)N(C)C(=O)[C@@H]1OCC[C@@H]1c1ccccc1)C(=O)N1CCC[C@H](N1)C(=O)OCC(C)(C)C2. The summed E-state index contributed by atoms with van der Waals surface area (Å²) in [4.78, 5) is 75.4. The fraction of sp³-hybridized carbons (Fsp3) is 0.552. The number of aromatic nitrogens is 3. The number of nitrogens with zero attached hydrogens (tertiary/aromatic N) is 7. The van der Waals surface area contributed by atoms with Gasteiger partial charge < -0.3 is 38.8 Å². The molecule has 0 radical (unpaired) electrons. The van der Waals surface area contributed by atoms with Crippen LogP contribution in [-0.2, 0) is 52.8 Å². The van der Waals surface area contributed by atoms with Crippen LogP contribution in [0.4, 0.5) is 5.69 Å². The average molecular weight is 1040 g/mol. The Hall–Kier alpha value is -5.72. The number of hydrazine groups is 1. The van der Waals surface area contributed by atoms with Gasteiger partial charge in [-0.15, -0.1) is 11.3 Å². The molecule has 3 aromatic heterocycles. The Balaban J connectivity index is 1.02. The van der Waals surface area contributed by atoms with Crippen molar-refractivity contribution in [3.05, 3.63) is 88.0 Å². The molecule has 7 heterocycles. The maximum Gasteiger partial charge on any atom is 0.324 e. The Morgan fingerprint density at radius 1 is 1.00 bits per heavy atom. The molecule has 5 aromatic rings. The molecular formula is C58H75N9O7S. The minimum atomic E-state index is -1.06. The molecule has 10 rings (SSSR count). The van der Waals surface area contributed by atoms with Crippen LogP contribution in [0, 0.1) is 11.3 Å². The number of hydrogen-bond acceptors (Lipinski definition) is 13. The van der Waals surface area contributed by atoms with Gasteiger partial charge in [-0.3, -0.25) is 29.2 Å². The average Bonchev–Trinajstić information content (AvgIpc) is 4.33. The smallest absolute Gasteiger partial charge is 0.324 e. The zero-order valence-electron chi connectivity index (χ0n) is 44.8. The summed E-state index contributed by atoms with van der Waals surface area (Å²) in [5.41, 5.74) is 11.6. The highest BCUT2D eigenvalue weighted by Crippen LogP contribution is 2.43. The van der Waals surface area contributed by atoms with Gasteiger partial charge in [0.25, 0.3) is 11.8 Å². The zero-order chi connectivity index (χ0) is 52.5. The van der Waals surface area contributed by atoms with Crippen molar-refractivity contribution >= 4 is 51.6 Å². The van der Waals surface area contributed by atoms with Crippen molar-refractivity contribution in [3.8, 4) is 22.5 Å². The summed E-state index contributed by atoms with van der Waals surface area (Å²) >= 11 is 1.45. The highest BCUT2D eigenvalue weighted by Gasteiger charge is 2.44. The predicted octanol–water partition coefficient (Wildman–Crippen LogP) is 7.54. The van der Waals surface area contributed by atoms with E-state index >= 15 is 4.79 Å². The van der Waals surface area contributed by atoms with E-state index < -0.39 is 35.6 Å². The highest BCUT2D eigenvalue weighted by atomic mass is 32.1. The standard InChI is InChI=1S/C58H75N9O7S/c1-8-66-48-21-20-39-29-42(48)44(52(66)43-30-40(33-59-50(43)36(2)72-7)65-26-24-63(5)25-27-65)32-58(3,4)35-74-57(71)45-19-14-23-67(62-45)55(69)46(31-49-60-47(39)34-75-49)61-54(68)51(38-17-12-13-18-38)64(6)56(70)53-41(22-28-73-53)37-15-10-9-11-16-37/h9-11,15-16,20-21,29-30,33-34,36,38,41,45-46,51,53,62H,8,12-14,17-19,22-28,31-32,35H2,1-7H3,(H,61,68)/t36-,41+,45-,46-,51-,53+/m0/s1. The van der Waals surface area contributed by atoms with Gasteiger partial charge in [-0.05, 0) is 94.7 Å². The second kappa shape index (κ2) is 22.5. The van der Waals surface area contributed by atoms with Gasteiger partial charge in [-0.2, -0.15) is 0 Å². The summed E-state index contributed by atoms with van der Waals surface area (Å²) in [6.07, 6.45) is 6.88. The van der Waals surface area contributed by atoms with Crippen molar-refractivity contribution in [2.75, 3.05) is 72.0 Å². The third kappa shape index (κ3) is 11.0. The van der Waals surface area contributed by atoms with Gasteiger partial charge in [-0.1, -0.05) is 63.1 Å². The second-order valence-corrected chi connectivity index (χ2v) is 23.2. The lowest BCUT2D eigenvalue weighted by Crippen LogP contribution is -2.62. The third-order valence-corrected chi connectivity index (χ3v) is 17.4. The second-order valence-electron chi connectivity index (χ2n) is 22.3. The van der Waals surface area contributed by atoms with E-state index in [1.165, 1.54) is 16.3 Å². The van der Waals surface area contributed by atoms with Crippen LogP contribution in [0.25, 0.3) is 33.4 Å². The molecule has 4 fully saturated rings. The van der Waals surface area contributed by atoms with E-state index in [4.69, 9.17) is 24.2 Å². The molecule has 6 bridgehead atoms. The summed E-state index contributed by atoms with van der Waals surface area (Å²) in [5, 5.41) is 8.42. The molecule has 0 unspecified atom stereocenters. The van der Waals surface area contributed by atoms with Crippen molar-refractivity contribution in [3.63, 3.8) is 0 Å². The molecule has 0 spiro atoms. The highest BCUT2D eigenvalue weighted by molar-refractivity contribution is 7.10. The van der Waals surface area contributed by atoms with E-state index in [1.807, 2.05) is 48.8 Å². The van der Waals surface area contributed by atoms with Crippen molar-refractivity contribution in [1.29, 1.82) is 0 Å². The molecule has 1 aliphatic carbocycles. The van der Waals surface area contributed by atoms with Crippen molar-refractivity contribution < 1.29 is 33.4 Å². The molecule has 400 valence electrons. The molecule has 5 aliphatic rings. The summed E-state index contributed by atoms with van der Waals surface area (Å²) < 4.78 is 20.8. The molecule has 3 amide bonds. The number of rotatable bonds is 11. The van der Waals surface area contributed by atoms with Gasteiger partial charge in [0.05, 0.1) is 46.7 Å². The molecule has 4 aliphatic heterocycles. The molecule has 16 nitrogen and oxygen atoms in total. The van der Waals surface area contributed by atoms with Crippen LogP contribution < -0.4 is 15.6 Å². The number of ether oxygens (including phenoxy) is 3. The van der Waals surface area contributed by atoms with Crippen LogP contribution in [0.5, 0.6) is 0 Å². The Morgan fingerprint density at radius 3 is 2.52 bits per heavy atom. The minimum Gasteiger partial charge on any atom is -0.464 e. The number of likely N-dealkylation sites (N-methyl/N-ethyl adjacent to an activating group) is 2. The number of anilines is 1. The first-order valence-corrected chi connectivity index (χ1v) is 28.1. The van der Waals surface area contributed by atoms with E-state index in [0.717, 1.165) is 108 Å². The third-order valence-electron chi connectivity index (χ3n) is 16.5. The number of carbonyl (C=O) groups is 4. The fourth-order valence-electron chi connectivity index (χ4n) is 12.3.